The first kappa shape index (κ1) is 17.3. The lowest BCUT2D eigenvalue weighted by molar-refractivity contribution is -0.123. The molecule has 1 fully saturated rings. The molecule has 0 aliphatic carbocycles. The van der Waals surface area contributed by atoms with Crippen LogP contribution in [-0.4, -0.2) is 27.1 Å². The summed E-state index contributed by atoms with van der Waals surface area (Å²) in [5, 5.41) is 9.28. The van der Waals surface area contributed by atoms with Crippen LogP contribution in [0.5, 0.6) is 0 Å². The Morgan fingerprint density at radius 2 is 1.80 bits per heavy atom. The van der Waals surface area contributed by atoms with Gasteiger partial charge in [-0.2, -0.15) is 0 Å². The molecule has 0 spiro atoms. The molecule has 0 bridgehead atoms. The number of carboxylic acid groups (broad SMARTS) is 1. The van der Waals surface area contributed by atoms with E-state index < -0.39 is 17.1 Å². The molecule has 1 saturated heterocycles. The van der Waals surface area contributed by atoms with Gasteiger partial charge in [-0.05, 0) is 41.1 Å². The average molecular weight is 374 g/mol. The lowest BCUT2D eigenvalue weighted by Gasteiger charge is -2.13. The fourth-order valence-corrected chi connectivity index (χ4v) is 3.42. The van der Waals surface area contributed by atoms with Crippen molar-refractivity contribution < 1.29 is 19.5 Å². The molecule has 1 heterocycles. The van der Waals surface area contributed by atoms with Gasteiger partial charge in [-0.25, -0.2) is 4.79 Å². The maximum Gasteiger partial charge on any atom is 0.336 e. The second-order valence-corrected chi connectivity index (χ2v) is 6.65. The van der Waals surface area contributed by atoms with Crippen LogP contribution >= 0.6 is 23.4 Å². The molecular formula is C18H12ClNO4S. The van der Waals surface area contributed by atoms with Gasteiger partial charge in [0.05, 0.1) is 17.0 Å². The molecule has 2 amide bonds. The highest BCUT2D eigenvalue weighted by atomic mass is 35.5. The Labute approximate surface area is 152 Å². The Morgan fingerprint density at radius 1 is 1.12 bits per heavy atom. The number of amides is 2. The van der Waals surface area contributed by atoms with E-state index in [1.165, 1.54) is 12.1 Å². The Bertz CT molecular complexity index is 909. The number of rotatable bonds is 4. The van der Waals surface area contributed by atoms with Gasteiger partial charge in [-0.1, -0.05) is 48.0 Å². The van der Waals surface area contributed by atoms with Gasteiger partial charge >= 0.3 is 5.97 Å². The molecule has 1 aliphatic heterocycles. The third-order valence-corrected chi connectivity index (χ3v) is 4.91. The van der Waals surface area contributed by atoms with Crippen molar-refractivity contribution in [3.63, 3.8) is 0 Å². The number of nitrogens with zero attached hydrogens (tertiary/aromatic N) is 1. The Morgan fingerprint density at radius 3 is 2.52 bits per heavy atom. The van der Waals surface area contributed by atoms with E-state index in [1.807, 2.05) is 0 Å². The molecular weight excluding hydrogens is 362 g/mol. The molecule has 2 aromatic rings. The summed E-state index contributed by atoms with van der Waals surface area (Å²) in [6.45, 7) is 0.0717. The molecule has 0 radical (unpaired) electrons. The Hall–Kier alpha value is -2.57. The molecule has 1 aliphatic rings. The minimum absolute atomic E-state index is 0.0698. The summed E-state index contributed by atoms with van der Waals surface area (Å²) in [4.78, 5) is 37.3. The average Bonchev–Trinajstić information content (AvgIpc) is 2.84. The van der Waals surface area contributed by atoms with E-state index in [0.717, 1.165) is 16.7 Å². The minimum Gasteiger partial charge on any atom is -0.478 e. The molecule has 126 valence electrons. The van der Waals surface area contributed by atoms with Crippen molar-refractivity contribution in [1.29, 1.82) is 0 Å². The number of hydrogen-bond acceptors (Lipinski definition) is 4. The predicted molar refractivity (Wildman–Crippen MR) is 96.4 cm³/mol. The van der Waals surface area contributed by atoms with Gasteiger partial charge in [0.2, 0.25) is 0 Å². The maximum atomic E-state index is 12.5. The van der Waals surface area contributed by atoms with Crippen LogP contribution in [0.4, 0.5) is 4.79 Å². The van der Waals surface area contributed by atoms with Crippen LogP contribution in [-0.2, 0) is 11.3 Å². The predicted octanol–water partition coefficient (Wildman–Crippen LogP) is 4.27. The summed E-state index contributed by atoms with van der Waals surface area (Å²) in [5.41, 5.74) is 1.11. The van der Waals surface area contributed by atoms with Gasteiger partial charge in [-0.15, -0.1) is 0 Å². The molecule has 25 heavy (non-hydrogen) atoms. The van der Waals surface area contributed by atoms with Gasteiger partial charge in [0.25, 0.3) is 11.1 Å². The van der Waals surface area contributed by atoms with Crippen molar-refractivity contribution in [3.05, 3.63) is 75.1 Å². The molecule has 1 N–H and O–H groups in total. The van der Waals surface area contributed by atoms with Gasteiger partial charge in [0.1, 0.15) is 0 Å². The molecule has 0 aromatic heterocycles. The largest absolute Gasteiger partial charge is 0.478 e. The topological polar surface area (TPSA) is 74.7 Å². The first-order valence-corrected chi connectivity index (χ1v) is 8.48. The van der Waals surface area contributed by atoms with Crippen molar-refractivity contribution in [1.82, 2.24) is 4.90 Å². The number of carbonyl (C=O) groups excluding carboxylic acids is 2. The quantitative estimate of drug-likeness (QED) is 0.810. The monoisotopic (exact) mass is 373 g/mol. The number of carbonyl (C=O) groups is 3. The Kier molecular flexibility index (Phi) is 4.92. The summed E-state index contributed by atoms with van der Waals surface area (Å²) in [6.07, 6.45) is 1.43. The van der Waals surface area contributed by atoms with E-state index in [-0.39, 0.29) is 17.0 Å². The van der Waals surface area contributed by atoms with Gasteiger partial charge < -0.3 is 5.11 Å². The standard InChI is InChI=1S/C18H12ClNO4S/c19-14-8-4-2-6-12(14)10-20-16(21)15(25-18(20)24)9-11-5-1-3-7-13(11)17(22)23/h1-9H,10H2,(H,22,23)/b15-9+. The van der Waals surface area contributed by atoms with E-state index >= 15 is 0 Å². The SMILES string of the molecule is O=C(O)c1ccccc1/C=C1/SC(=O)N(Cc2ccccc2Cl)C1=O. The lowest BCUT2D eigenvalue weighted by Crippen LogP contribution is -2.27. The van der Waals surface area contributed by atoms with Crippen LogP contribution in [0.15, 0.2) is 53.4 Å². The second-order valence-electron chi connectivity index (χ2n) is 5.25. The zero-order valence-electron chi connectivity index (χ0n) is 12.8. The summed E-state index contributed by atoms with van der Waals surface area (Å²) >= 11 is 6.87. The molecule has 5 nitrogen and oxygen atoms in total. The number of halogens is 1. The van der Waals surface area contributed by atoms with Crippen molar-refractivity contribution in [2.75, 3.05) is 0 Å². The van der Waals surface area contributed by atoms with E-state index in [2.05, 4.69) is 0 Å². The Balaban J connectivity index is 1.89. The highest BCUT2D eigenvalue weighted by molar-refractivity contribution is 8.18. The smallest absolute Gasteiger partial charge is 0.336 e. The third-order valence-electron chi connectivity index (χ3n) is 3.64. The number of thioether (sulfide) groups is 1. The van der Waals surface area contributed by atoms with E-state index in [9.17, 15) is 19.5 Å². The van der Waals surface area contributed by atoms with Crippen LogP contribution in [0.3, 0.4) is 0 Å². The van der Waals surface area contributed by atoms with Crippen molar-refractivity contribution in [3.8, 4) is 0 Å². The number of aromatic carboxylic acids is 1. The number of benzene rings is 2. The fraction of sp³-hybridized carbons (Fsp3) is 0.0556. The molecule has 7 heteroatoms. The van der Waals surface area contributed by atoms with Gasteiger partial charge in [0, 0.05) is 5.02 Å². The minimum atomic E-state index is -1.10. The highest BCUT2D eigenvalue weighted by Gasteiger charge is 2.35. The first-order valence-electron chi connectivity index (χ1n) is 7.28. The van der Waals surface area contributed by atoms with Crippen LogP contribution in [0, 0.1) is 0 Å². The first-order chi connectivity index (χ1) is 12.0. The normalized spacial score (nSPS) is 15.9. The van der Waals surface area contributed by atoms with E-state index in [1.54, 1.807) is 42.5 Å². The van der Waals surface area contributed by atoms with Crippen LogP contribution < -0.4 is 0 Å². The van der Waals surface area contributed by atoms with E-state index in [4.69, 9.17) is 11.6 Å². The number of carboxylic acids is 1. The van der Waals surface area contributed by atoms with Crippen LogP contribution in [0.2, 0.25) is 5.02 Å². The van der Waals surface area contributed by atoms with Crippen molar-refractivity contribution in [2.24, 2.45) is 0 Å². The number of hydrogen-bond donors (Lipinski definition) is 1. The van der Waals surface area contributed by atoms with Gasteiger partial charge in [0.15, 0.2) is 0 Å². The maximum absolute atomic E-state index is 12.5. The molecule has 3 rings (SSSR count). The fourth-order valence-electron chi connectivity index (χ4n) is 2.39. The van der Waals surface area contributed by atoms with Crippen molar-refractivity contribution >= 4 is 46.6 Å². The van der Waals surface area contributed by atoms with E-state index in [0.29, 0.717) is 16.1 Å². The third kappa shape index (κ3) is 3.60. The lowest BCUT2D eigenvalue weighted by atomic mass is 10.1. The zero-order valence-corrected chi connectivity index (χ0v) is 14.4. The summed E-state index contributed by atoms with van der Waals surface area (Å²) in [7, 11) is 0. The second kappa shape index (κ2) is 7.13. The molecule has 2 aromatic carbocycles. The highest BCUT2D eigenvalue weighted by Crippen LogP contribution is 2.34. The summed E-state index contributed by atoms with van der Waals surface area (Å²) < 4.78 is 0. The zero-order chi connectivity index (χ0) is 18.0. The van der Waals surface area contributed by atoms with Crippen LogP contribution in [0.25, 0.3) is 6.08 Å². The molecule has 0 atom stereocenters. The molecule has 0 saturated carbocycles. The van der Waals surface area contributed by atoms with Gasteiger partial charge in [-0.3, -0.25) is 14.5 Å². The molecule has 0 unspecified atom stereocenters. The van der Waals surface area contributed by atoms with Crippen LogP contribution in [0.1, 0.15) is 21.5 Å². The summed E-state index contributed by atoms with van der Waals surface area (Å²) in [6, 6.07) is 13.3. The van der Waals surface area contributed by atoms with Crippen molar-refractivity contribution in [2.45, 2.75) is 6.54 Å². The summed E-state index contributed by atoms with van der Waals surface area (Å²) in [5.74, 6) is -1.56. The number of imide groups is 1.